The molecule has 3 nitrogen and oxygen atoms in total. The van der Waals surface area contributed by atoms with Crippen molar-refractivity contribution in [1.29, 1.82) is 0 Å². The van der Waals surface area contributed by atoms with E-state index in [0.29, 0.717) is 43.3 Å². The lowest BCUT2D eigenvalue weighted by Crippen LogP contribution is -2.51. The van der Waals surface area contributed by atoms with Crippen molar-refractivity contribution in [2.75, 3.05) is 26.4 Å². The summed E-state index contributed by atoms with van der Waals surface area (Å²) in [5.74, 6) is 5.47. The first-order valence-corrected chi connectivity index (χ1v) is 14.9. The summed E-state index contributed by atoms with van der Waals surface area (Å²) in [5, 5.41) is 0. The third-order valence-electron chi connectivity index (χ3n) is 11.1. The third kappa shape index (κ3) is 5.32. The lowest BCUT2D eigenvalue weighted by Gasteiger charge is -2.58. The Balaban J connectivity index is 1.37. The van der Waals surface area contributed by atoms with Crippen LogP contribution in [0.15, 0.2) is 11.6 Å². The number of ether oxygens (including phenoxy) is 2. The number of fused-ring (bicyclic) bond motifs is 5. The van der Waals surface area contributed by atoms with E-state index in [1.807, 2.05) is 0 Å². The molecule has 4 aliphatic rings. The second-order valence-electron chi connectivity index (χ2n) is 13.4. The second-order valence-corrected chi connectivity index (χ2v) is 13.4. The Hall–Kier alpha value is -0.380. The average Bonchev–Trinajstić information content (AvgIpc) is 3.16. The van der Waals surface area contributed by atoms with Gasteiger partial charge in [-0.3, -0.25) is 0 Å². The molecule has 0 amide bonds. The van der Waals surface area contributed by atoms with Crippen molar-refractivity contribution >= 4 is 0 Å². The van der Waals surface area contributed by atoms with Gasteiger partial charge in [0.2, 0.25) is 0 Å². The smallest absolute Gasteiger partial charge is 0.0704 e. The van der Waals surface area contributed by atoms with Crippen LogP contribution >= 0.6 is 0 Å². The predicted octanol–water partition coefficient (Wildman–Crippen LogP) is 7.39. The molecular formula is C31H55NO2. The monoisotopic (exact) mass is 473 g/mol. The molecule has 0 unspecified atom stereocenters. The molecule has 0 saturated heterocycles. The summed E-state index contributed by atoms with van der Waals surface area (Å²) < 4.78 is 11.7. The van der Waals surface area contributed by atoms with E-state index in [1.54, 1.807) is 5.57 Å². The van der Waals surface area contributed by atoms with Crippen molar-refractivity contribution in [3.63, 3.8) is 0 Å². The lowest BCUT2D eigenvalue weighted by atomic mass is 9.47. The minimum Gasteiger partial charge on any atom is -0.378 e. The first kappa shape index (κ1) is 26.7. The Morgan fingerprint density at radius 3 is 2.56 bits per heavy atom. The zero-order chi connectivity index (χ0) is 24.3. The van der Waals surface area contributed by atoms with Gasteiger partial charge in [0.1, 0.15) is 0 Å². The van der Waals surface area contributed by atoms with Crippen LogP contribution in [0.25, 0.3) is 0 Å². The number of hydrogen-bond donors (Lipinski definition) is 1. The molecule has 34 heavy (non-hydrogen) atoms. The largest absolute Gasteiger partial charge is 0.378 e. The minimum atomic E-state index is 0.383. The van der Waals surface area contributed by atoms with E-state index in [9.17, 15) is 0 Å². The molecule has 0 spiro atoms. The quantitative estimate of drug-likeness (QED) is 0.251. The second kappa shape index (κ2) is 11.3. The van der Waals surface area contributed by atoms with E-state index in [2.05, 4.69) is 40.7 Å². The fraction of sp³-hybridized carbons (Fsp3) is 0.935. The zero-order valence-corrected chi connectivity index (χ0v) is 23.1. The van der Waals surface area contributed by atoms with Crippen LogP contribution in [0.3, 0.4) is 0 Å². The molecule has 4 rings (SSSR count). The number of hydrogen-bond acceptors (Lipinski definition) is 3. The molecule has 3 fully saturated rings. The average molecular weight is 474 g/mol. The van der Waals surface area contributed by atoms with Gasteiger partial charge in [0.05, 0.1) is 25.9 Å². The molecular weight excluding hydrogens is 418 g/mol. The first-order chi connectivity index (χ1) is 16.3. The van der Waals surface area contributed by atoms with E-state index in [4.69, 9.17) is 15.2 Å². The van der Waals surface area contributed by atoms with E-state index < -0.39 is 0 Å². The van der Waals surface area contributed by atoms with Gasteiger partial charge < -0.3 is 15.2 Å². The molecule has 0 aromatic carbocycles. The highest BCUT2D eigenvalue weighted by molar-refractivity contribution is 5.25. The number of rotatable bonds is 11. The Morgan fingerprint density at radius 1 is 0.971 bits per heavy atom. The Labute approximate surface area is 211 Å². The molecule has 0 aromatic heterocycles. The van der Waals surface area contributed by atoms with Crippen LogP contribution in [0, 0.1) is 46.3 Å². The maximum atomic E-state index is 6.23. The summed E-state index contributed by atoms with van der Waals surface area (Å²) in [6.07, 6.45) is 18.3. The molecule has 4 aliphatic carbocycles. The van der Waals surface area contributed by atoms with Crippen LogP contribution in [0.1, 0.15) is 105 Å². The van der Waals surface area contributed by atoms with Crippen molar-refractivity contribution in [3.8, 4) is 0 Å². The molecule has 196 valence electrons. The van der Waals surface area contributed by atoms with Gasteiger partial charge in [0.15, 0.2) is 0 Å². The summed E-state index contributed by atoms with van der Waals surface area (Å²) in [6.45, 7) is 15.3. The highest BCUT2D eigenvalue weighted by Gasteiger charge is 2.59. The SMILES string of the molecule is CC(C)CCC[C@@H](C)[C@H]1CC[C@H]2[C@@H]3CC=C4C[C@@H](OCCOCCN)CC[C@]4(C)[C@H]3CC[C@]12C. The number of allylic oxidation sites excluding steroid dienone is 1. The van der Waals surface area contributed by atoms with Gasteiger partial charge in [-0.1, -0.05) is 65.5 Å². The van der Waals surface area contributed by atoms with Crippen molar-refractivity contribution in [2.45, 2.75) is 111 Å². The molecule has 8 atom stereocenters. The standard InChI is InChI=1S/C31H55NO2/c1-22(2)7-6-8-23(3)27-11-12-28-26-10-9-24-21-25(34-20-19-33-18-17-32)13-15-30(24,4)29(26)14-16-31(27,28)5/h9,22-23,25-29H,6-8,10-21,32H2,1-5H3/t23-,25+,26+,27-,28+,29+,30+,31-/m1/s1. The van der Waals surface area contributed by atoms with Crippen LogP contribution in [0.4, 0.5) is 0 Å². The maximum absolute atomic E-state index is 6.23. The molecule has 0 heterocycles. The highest BCUT2D eigenvalue weighted by atomic mass is 16.5. The highest BCUT2D eigenvalue weighted by Crippen LogP contribution is 2.67. The Kier molecular flexibility index (Phi) is 8.90. The van der Waals surface area contributed by atoms with Crippen LogP contribution in [-0.4, -0.2) is 32.5 Å². The molecule has 0 aromatic rings. The topological polar surface area (TPSA) is 44.5 Å². The van der Waals surface area contributed by atoms with Crippen LogP contribution in [-0.2, 0) is 9.47 Å². The van der Waals surface area contributed by atoms with E-state index >= 15 is 0 Å². The van der Waals surface area contributed by atoms with Gasteiger partial charge in [0.25, 0.3) is 0 Å². The van der Waals surface area contributed by atoms with Crippen LogP contribution < -0.4 is 5.73 Å². The number of nitrogens with two attached hydrogens (primary N) is 1. The minimum absolute atomic E-state index is 0.383. The summed E-state index contributed by atoms with van der Waals surface area (Å²) in [5.41, 5.74) is 8.25. The van der Waals surface area contributed by atoms with Crippen LogP contribution in [0.2, 0.25) is 0 Å². The molecule has 3 saturated carbocycles. The van der Waals surface area contributed by atoms with Gasteiger partial charge >= 0.3 is 0 Å². The molecule has 3 heteroatoms. The van der Waals surface area contributed by atoms with E-state index in [0.717, 1.165) is 41.9 Å². The van der Waals surface area contributed by atoms with Crippen molar-refractivity contribution in [3.05, 3.63) is 11.6 Å². The molecule has 2 N–H and O–H groups in total. The predicted molar refractivity (Wildman–Crippen MR) is 143 cm³/mol. The summed E-state index contributed by atoms with van der Waals surface area (Å²) in [7, 11) is 0. The fourth-order valence-corrected chi connectivity index (χ4v) is 9.25. The molecule has 0 bridgehead atoms. The van der Waals surface area contributed by atoms with Gasteiger partial charge in [-0.05, 0) is 97.7 Å². The van der Waals surface area contributed by atoms with Gasteiger partial charge in [-0.25, -0.2) is 0 Å². The first-order valence-electron chi connectivity index (χ1n) is 14.9. The summed E-state index contributed by atoms with van der Waals surface area (Å²) in [4.78, 5) is 0. The van der Waals surface area contributed by atoms with Gasteiger partial charge in [0, 0.05) is 6.54 Å². The van der Waals surface area contributed by atoms with Crippen molar-refractivity contribution in [1.82, 2.24) is 0 Å². The molecule has 0 aliphatic heterocycles. The van der Waals surface area contributed by atoms with Crippen molar-refractivity contribution in [2.24, 2.45) is 52.1 Å². The Morgan fingerprint density at radius 2 is 1.79 bits per heavy atom. The van der Waals surface area contributed by atoms with Gasteiger partial charge in [-0.15, -0.1) is 0 Å². The lowest BCUT2D eigenvalue weighted by molar-refractivity contribution is -0.0676. The van der Waals surface area contributed by atoms with Crippen molar-refractivity contribution < 1.29 is 9.47 Å². The zero-order valence-electron chi connectivity index (χ0n) is 23.1. The molecule has 0 radical (unpaired) electrons. The maximum Gasteiger partial charge on any atom is 0.0704 e. The summed E-state index contributed by atoms with van der Waals surface area (Å²) >= 11 is 0. The summed E-state index contributed by atoms with van der Waals surface area (Å²) in [6, 6.07) is 0. The van der Waals surface area contributed by atoms with Gasteiger partial charge in [-0.2, -0.15) is 0 Å². The fourth-order valence-electron chi connectivity index (χ4n) is 9.25. The van der Waals surface area contributed by atoms with Crippen LogP contribution in [0.5, 0.6) is 0 Å². The van der Waals surface area contributed by atoms with E-state index in [1.165, 1.54) is 64.2 Å². The third-order valence-corrected chi connectivity index (χ3v) is 11.1. The normalized spacial score (nSPS) is 40.4. The van der Waals surface area contributed by atoms with E-state index in [-0.39, 0.29) is 0 Å². The Bertz CT molecular complexity index is 689.